The van der Waals surface area contributed by atoms with Gasteiger partial charge < -0.3 is 9.84 Å². The Morgan fingerprint density at radius 3 is 2.50 bits per heavy atom. The second-order valence-electron chi connectivity index (χ2n) is 5.12. The fourth-order valence-corrected chi connectivity index (χ4v) is 2.17. The van der Waals surface area contributed by atoms with Crippen LogP contribution in [0.15, 0.2) is 30.6 Å². The van der Waals surface area contributed by atoms with Crippen LogP contribution < -0.4 is 4.74 Å². The van der Waals surface area contributed by atoms with E-state index in [9.17, 15) is 5.11 Å². The number of aliphatic hydroxyl groups excluding tert-OH is 1. The first-order chi connectivity index (χ1) is 9.60. The molecule has 0 amide bonds. The van der Waals surface area contributed by atoms with Gasteiger partial charge in [-0.3, -0.25) is 0 Å². The molecule has 5 nitrogen and oxygen atoms in total. The lowest BCUT2D eigenvalue weighted by atomic mass is 10.1. The lowest BCUT2D eigenvalue weighted by molar-refractivity contribution is 0.170. The molecule has 20 heavy (non-hydrogen) atoms. The number of nitrogens with zero attached hydrogens (tertiary/aromatic N) is 3. The normalized spacial score (nSPS) is 12.7. The van der Waals surface area contributed by atoms with Crippen LogP contribution in [0.25, 0.3) is 0 Å². The standard InChI is InChI=1S/C15H21N3O2/c1-11(2)18-15(16-10-17-18)9-13(19)8-12-4-6-14(20-3)7-5-12/h4-7,10-11,13,19H,8-9H2,1-3H3. The van der Waals surface area contributed by atoms with Crippen molar-refractivity contribution < 1.29 is 9.84 Å². The van der Waals surface area contributed by atoms with E-state index in [1.54, 1.807) is 7.11 Å². The van der Waals surface area contributed by atoms with Gasteiger partial charge >= 0.3 is 0 Å². The fourth-order valence-electron chi connectivity index (χ4n) is 2.17. The van der Waals surface area contributed by atoms with Crippen molar-refractivity contribution in [3.8, 4) is 5.75 Å². The van der Waals surface area contributed by atoms with E-state index in [0.29, 0.717) is 12.8 Å². The Morgan fingerprint density at radius 2 is 1.90 bits per heavy atom. The molecule has 1 aromatic carbocycles. The molecule has 0 fully saturated rings. The van der Waals surface area contributed by atoms with Crippen molar-refractivity contribution in [1.29, 1.82) is 0 Å². The first-order valence-electron chi connectivity index (χ1n) is 6.79. The molecule has 1 aromatic heterocycles. The molecule has 0 saturated heterocycles. The molecule has 108 valence electrons. The zero-order chi connectivity index (χ0) is 14.5. The largest absolute Gasteiger partial charge is 0.497 e. The third-order valence-electron chi connectivity index (χ3n) is 3.18. The van der Waals surface area contributed by atoms with Crippen LogP contribution >= 0.6 is 0 Å². The Bertz CT molecular complexity index is 534. The van der Waals surface area contributed by atoms with Crippen LogP contribution in [0.4, 0.5) is 0 Å². The zero-order valence-electron chi connectivity index (χ0n) is 12.2. The van der Waals surface area contributed by atoms with E-state index in [-0.39, 0.29) is 6.04 Å². The maximum absolute atomic E-state index is 10.2. The number of hydrogen-bond acceptors (Lipinski definition) is 4. The van der Waals surface area contributed by atoms with Crippen molar-refractivity contribution in [2.75, 3.05) is 7.11 Å². The summed E-state index contributed by atoms with van der Waals surface area (Å²) in [5.41, 5.74) is 1.08. The van der Waals surface area contributed by atoms with Crippen LogP contribution in [-0.2, 0) is 12.8 Å². The number of ether oxygens (including phenoxy) is 1. The van der Waals surface area contributed by atoms with E-state index in [0.717, 1.165) is 17.1 Å². The zero-order valence-corrected chi connectivity index (χ0v) is 12.2. The maximum atomic E-state index is 10.2. The molecule has 0 saturated carbocycles. The Kier molecular flexibility index (Phi) is 4.74. The van der Waals surface area contributed by atoms with E-state index in [4.69, 9.17) is 4.74 Å². The predicted octanol–water partition coefficient (Wildman–Crippen LogP) is 2.01. The summed E-state index contributed by atoms with van der Waals surface area (Å²) in [5, 5.41) is 14.4. The summed E-state index contributed by atoms with van der Waals surface area (Å²) in [5.74, 6) is 1.64. The Labute approximate surface area is 119 Å². The smallest absolute Gasteiger partial charge is 0.138 e. The van der Waals surface area contributed by atoms with Gasteiger partial charge in [-0.2, -0.15) is 5.10 Å². The van der Waals surface area contributed by atoms with Crippen molar-refractivity contribution in [2.24, 2.45) is 0 Å². The third kappa shape index (κ3) is 3.57. The Morgan fingerprint density at radius 1 is 1.20 bits per heavy atom. The number of benzene rings is 1. The monoisotopic (exact) mass is 275 g/mol. The highest BCUT2D eigenvalue weighted by atomic mass is 16.5. The first kappa shape index (κ1) is 14.5. The predicted molar refractivity (Wildman–Crippen MR) is 76.8 cm³/mol. The van der Waals surface area contributed by atoms with Gasteiger partial charge in [0.2, 0.25) is 0 Å². The molecule has 2 aromatic rings. The van der Waals surface area contributed by atoms with Gasteiger partial charge in [0.1, 0.15) is 17.9 Å². The van der Waals surface area contributed by atoms with Gasteiger partial charge in [0.25, 0.3) is 0 Å². The number of hydrogen-bond donors (Lipinski definition) is 1. The quantitative estimate of drug-likeness (QED) is 0.876. The summed E-state index contributed by atoms with van der Waals surface area (Å²) in [7, 11) is 1.64. The van der Waals surface area contributed by atoms with Gasteiger partial charge in [0.05, 0.1) is 13.2 Å². The number of rotatable bonds is 6. The number of aliphatic hydroxyl groups is 1. The SMILES string of the molecule is COc1ccc(CC(O)Cc2ncnn2C(C)C)cc1. The van der Waals surface area contributed by atoms with Gasteiger partial charge in [0, 0.05) is 12.5 Å². The molecular weight excluding hydrogens is 254 g/mol. The van der Waals surface area contributed by atoms with E-state index in [2.05, 4.69) is 10.1 Å². The molecular formula is C15H21N3O2. The lowest BCUT2D eigenvalue weighted by Gasteiger charge is -2.13. The first-order valence-corrected chi connectivity index (χ1v) is 6.79. The molecule has 1 atom stereocenters. The summed E-state index contributed by atoms with van der Waals surface area (Å²) in [6, 6.07) is 7.99. The molecule has 0 aliphatic heterocycles. The van der Waals surface area contributed by atoms with Crippen molar-refractivity contribution in [3.05, 3.63) is 42.0 Å². The molecule has 1 unspecified atom stereocenters. The van der Waals surface area contributed by atoms with E-state index >= 15 is 0 Å². The lowest BCUT2D eigenvalue weighted by Crippen LogP contribution is -2.18. The second-order valence-corrected chi connectivity index (χ2v) is 5.12. The molecule has 0 aliphatic rings. The fraction of sp³-hybridized carbons (Fsp3) is 0.467. The van der Waals surface area contributed by atoms with Gasteiger partial charge in [-0.15, -0.1) is 0 Å². The average Bonchev–Trinajstić information content (AvgIpc) is 2.87. The van der Waals surface area contributed by atoms with Crippen molar-refractivity contribution in [1.82, 2.24) is 14.8 Å². The topological polar surface area (TPSA) is 60.2 Å². The van der Waals surface area contributed by atoms with Gasteiger partial charge in [0.15, 0.2) is 0 Å². The second kappa shape index (κ2) is 6.52. The summed E-state index contributed by atoms with van der Waals surface area (Å²) in [6.07, 6.45) is 2.17. The minimum absolute atomic E-state index is 0.251. The summed E-state index contributed by atoms with van der Waals surface area (Å²) in [4.78, 5) is 4.22. The van der Waals surface area contributed by atoms with Crippen molar-refractivity contribution in [2.45, 2.75) is 38.8 Å². The van der Waals surface area contributed by atoms with E-state index in [1.807, 2.05) is 42.8 Å². The van der Waals surface area contributed by atoms with Gasteiger partial charge in [-0.1, -0.05) is 12.1 Å². The minimum Gasteiger partial charge on any atom is -0.497 e. The van der Waals surface area contributed by atoms with Gasteiger partial charge in [-0.25, -0.2) is 9.67 Å². The highest BCUT2D eigenvalue weighted by Crippen LogP contribution is 2.14. The van der Waals surface area contributed by atoms with Crippen LogP contribution in [0, 0.1) is 0 Å². The molecule has 1 heterocycles. The third-order valence-corrected chi connectivity index (χ3v) is 3.18. The summed E-state index contributed by atoms with van der Waals surface area (Å²) in [6.45, 7) is 4.10. The van der Waals surface area contributed by atoms with Crippen LogP contribution in [0.5, 0.6) is 5.75 Å². The van der Waals surface area contributed by atoms with Crippen LogP contribution in [-0.4, -0.2) is 33.1 Å². The molecule has 5 heteroatoms. The summed E-state index contributed by atoms with van der Waals surface area (Å²) < 4.78 is 6.96. The number of aromatic nitrogens is 3. The minimum atomic E-state index is -0.468. The van der Waals surface area contributed by atoms with Crippen molar-refractivity contribution in [3.63, 3.8) is 0 Å². The summed E-state index contributed by atoms with van der Waals surface area (Å²) >= 11 is 0. The van der Waals surface area contributed by atoms with Crippen LogP contribution in [0.1, 0.15) is 31.3 Å². The van der Waals surface area contributed by atoms with Crippen LogP contribution in [0.2, 0.25) is 0 Å². The van der Waals surface area contributed by atoms with Gasteiger partial charge in [-0.05, 0) is 38.0 Å². The molecule has 0 radical (unpaired) electrons. The molecule has 0 spiro atoms. The Hall–Kier alpha value is -1.88. The Balaban J connectivity index is 1.97. The molecule has 0 bridgehead atoms. The van der Waals surface area contributed by atoms with Crippen LogP contribution in [0.3, 0.4) is 0 Å². The van der Waals surface area contributed by atoms with E-state index < -0.39 is 6.10 Å². The number of methoxy groups -OCH3 is 1. The molecule has 0 aliphatic carbocycles. The highest BCUT2D eigenvalue weighted by Gasteiger charge is 2.13. The average molecular weight is 275 g/mol. The molecule has 1 N–H and O–H groups in total. The maximum Gasteiger partial charge on any atom is 0.138 e. The highest BCUT2D eigenvalue weighted by molar-refractivity contribution is 5.27. The molecule has 2 rings (SSSR count). The van der Waals surface area contributed by atoms with E-state index in [1.165, 1.54) is 6.33 Å². The van der Waals surface area contributed by atoms with Crippen molar-refractivity contribution >= 4 is 0 Å².